The molecule has 0 saturated carbocycles. The molecule has 39 heavy (non-hydrogen) atoms. The van der Waals surface area contributed by atoms with E-state index >= 15 is 0 Å². The Morgan fingerprint density at radius 1 is 1.05 bits per heavy atom. The van der Waals surface area contributed by atoms with E-state index in [1.165, 1.54) is 23.1 Å². The van der Waals surface area contributed by atoms with Gasteiger partial charge in [-0.2, -0.15) is 0 Å². The molecule has 7 nitrogen and oxygen atoms in total. The van der Waals surface area contributed by atoms with E-state index in [0.29, 0.717) is 24.3 Å². The molecule has 204 valence electrons. The number of nitrogens with one attached hydrogen (secondary N) is 1. The SMILES string of the molecule is CC1(C)CCC(c2ccc(Cl)cc2)=C(CN2CC(Oc3cccc4c3C(=O)N(C3CCC(=O)NC3=O)C4)C2)C1. The first kappa shape index (κ1) is 26.1. The Morgan fingerprint density at radius 2 is 1.82 bits per heavy atom. The smallest absolute Gasteiger partial charge is 0.258 e. The number of allylic oxidation sites excluding steroid dienone is 1. The van der Waals surface area contributed by atoms with E-state index in [1.807, 2.05) is 30.3 Å². The molecular formula is C31H34ClN3O4. The molecule has 1 atom stereocenters. The van der Waals surface area contributed by atoms with Gasteiger partial charge in [0.05, 0.1) is 5.56 Å². The van der Waals surface area contributed by atoms with Gasteiger partial charge in [-0.3, -0.25) is 24.6 Å². The summed E-state index contributed by atoms with van der Waals surface area (Å²) < 4.78 is 6.35. The van der Waals surface area contributed by atoms with Gasteiger partial charge in [-0.1, -0.05) is 55.3 Å². The van der Waals surface area contributed by atoms with E-state index in [2.05, 4.69) is 36.2 Å². The van der Waals surface area contributed by atoms with Gasteiger partial charge in [0.25, 0.3) is 5.91 Å². The third kappa shape index (κ3) is 5.22. The molecule has 8 heteroatoms. The van der Waals surface area contributed by atoms with Crippen LogP contribution in [0.25, 0.3) is 5.57 Å². The van der Waals surface area contributed by atoms with Crippen LogP contribution in [0.15, 0.2) is 48.0 Å². The zero-order chi connectivity index (χ0) is 27.3. The van der Waals surface area contributed by atoms with E-state index in [1.54, 1.807) is 4.90 Å². The maximum absolute atomic E-state index is 13.4. The number of nitrogens with zero attached hydrogens (tertiary/aromatic N) is 2. The predicted molar refractivity (Wildman–Crippen MR) is 149 cm³/mol. The molecule has 6 rings (SSSR count). The zero-order valence-electron chi connectivity index (χ0n) is 22.5. The highest BCUT2D eigenvalue weighted by Gasteiger charge is 2.41. The first-order chi connectivity index (χ1) is 18.7. The molecule has 2 fully saturated rings. The van der Waals surface area contributed by atoms with Gasteiger partial charge in [0, 0.05) is 37.6 Å². The summed E-state index contributed by atoms with van der Waals surface area (Å²) in [5.74, 6) is -0.306. The van der Waals surface area contributed by atoms with Gasteiger partial charge in [-0.15, -0.1) is 0 Å². The summed E-state index contributed by atoms with van der Waals surface area (Å²) in [7, 11) is 0. The van der Waals surface area contributed by atoms with Crippen molar-refractivity contribution in [1.29, 1.82) is 0 Å². The van der Waals surface area contributed by atoms with Crippen molar-refractivity contribution in [1.82, 2.24) is 15.1 Å². The second-order valence-electron chi connectivity index (χ2n) is 12.1. The molecule has 2 aromatic rings. The lowest BCUT2D eigenvalue weighted by Gasteiger charge is -2.42. The molecule has 2 saturated heterocycles. The van der Waals surface area contributed by atoms with Crippen LogP contribution in [0.3, 0.4) is 0 Å². The fraction of sp³-hybridized carbons (Fsp3) is 0.452. The molecule has 2 aromatic carbocycles. The molecule has 3 heterocycles. The second kappa shape index (κ2) is 10.1. The van der Waals surface area contributed by atoms with Crippen LogP contribution in [-0.4, -0.2) is 59.3 Å². The molecular weight excluding hydrogens is 514 g/mol. The summed E-state index contributed by atoms with van der Waals surface area (Å²) in [6.45, 7) is 7.55. The first-order valence-corrected chi connectivity index (χ1v) is 14.2. The van der Waals surface area contributed by atoms with Gasteiger partial charge < -0.3 is 9.64 Å². The Balaban J connectivity index is 1.12. The summed E-state index contributed by atoms with van der Waals surface area (Å²) in [4.78, 5) is 41.3. The number of ether oxygens (including phenoxy) is 1. The van der Waals surface area contributed by atoms with Gasteiger partial charge in [-0.25, -0.2) is 0 Å². The number of amides is 3. The highest BCUT2D eigenvalue weighted by atomic mass is 35.5. The number of likely N-dealkylation sites (tertiary alicyclic amines) is 1. The van der Waals surface area contributed by atoms with Crippen LogP contribution < -0.4 is 10.1 Å². The van der Waals surface area contributed by atoms with Gasteiger partial charge in [0.2, 0.25) is 11.8 Å². The third-order valence-electron chi connectivity index (χ3n) is 8.51. The monoisotopic (exact) mass is 547 g/mol. The topological polar surface area (TPSA) is 79.0 Å². The van der Waals surface area contributed by atoms with Crippen molar-refractivity contribution in [2.24, 2.45) is 5.41 Å². The fourth-order valence-corrected chi connectivity index (χ4v) is 6.54. The average molecular weight is 548 g/mol. The van der Waals surface area contributed by atoms with E-state index in [9.17, 15) is 14.4 Å². The maximum atomic E-state index is 13.4. The molecule has 1 unspecified atom stereocenters. The summed E-state index contributed by atoms with van der Waals surface area (Å²) >= 11 is 6.14. The van der Waals surface area contributed by atoms with E-state index in [0.717, 1.165) is 43.1 Å². The number of benzene rings is 2. The van der Waals surface area contributed by atoms with Crippen molar-refractivity contribution < 1.29 is 19.1 Å². The van der Waals surface area contributed by atoms with Crippen LogP contribution in [0.4, 0.5) is 0 Å². The lowest BCUT2D eigenvalue weighted by atomic mass is 9.72. The minimum absolute atomic E-state index is 0.00475. The molecule has 4 aliphatic rings. The third-order valence-corrected chi connectivity index (χ3v) is 8.76. The number of fused-ring (bicyclic) bond motifs is 1. The largest absolute Gasteiger partial charge is 0.487 e. The highest BCUT2D eigenvalue weighted by Crippen LogP contribution is 2.43. The Kier molecular flexibility index (Phi) is 6.76. The summed E-state index contributed by atoms with van der Waals surface area (Å²) in [6, 6.07) is 13.2. The number of piperidine rings is 1. The minimum atomic E-state index is -0.627. The normalized spacial score (nSPS) is 23.5. The molecule has 0 radical (unpaired) electrons. The van der Waals surface area contributed by atoms with Gasteiger partial charge >= 0.3 is 0 Å². The van der Waals surface area contributed by atoms with Crippen LogP contribution in [0.1, 0.15) is 67.4 Å². The van der Waals surface area contributed by atoms with Gasteiger partial charge in [-0.05, 0) is 66.0 Å². The Morgan fingerprint density at radius 3 is 2.56 bits per heavy atom. The standard InChI is InChI=1S/C31H34ClN3O4/c1-31(2)13-12-24(19-6-8-22(32)9-7-19)21(14-31)15-34-17-23(18-34)39-26-5-3-4-20-16-35(30(38)28(20)26)25-10-11-27(36)33-29(25)37/h3-9,23,25H,10-18H2,1-2H3,(H,33,36,37). The molecule has 0 aromatic heterocycles. The molecule has 3 amide bonds. The van der Waals surface area contributed by atoms with Crippen molar-refractivity contribution >= 4 is 34.9 Å². The zero-order valence-corrected chi connectivity index (χ0v) is 23.2. The quantitative estimate of drug-likeness (QED) is 0.524. The van der Waals surface area contributed by atoms with Crippen molar-refractivity contribution in [3.05, 3.63) is 69.8 Å². The molecule has 0 bridgehead atoms. The number of carbonyl (C=O) groups excluding carboxylic acids is 3. The van der Waals surface area contributed by atoms with Crippen LogP contribution in [0.2, 0.25) is 5.02 Å². The molecule has 1 aliphatic carbocycles. The van der Waals surface area contributed by atoms with Crippen LogP contribution >= 0.6 is 11.6 Å². The van der Waals surface area contributed by atoms with E-state index < -0.39 is 11.9 Å². The summed E-state index contributed by atoms with van der Waals surface area (Å²) in [6.07, 6.45) is 3.91. The van der Waals surface area contributed by atoms with Crippen molar-refractivity contribution in [3.63, 3.8) is 0 Å². The second-order valence-corrected chi connectivity index (χ2v) is 12.5. The Labute approximate surface area is 234 Å². The molecule has 0 spiro atoms. The summed E-state index contributed by atoms with van der Waals surface area (Å²) in [5.41, 5.74) is 5.88. The lowest BCUT2D eigenvalue weighted by molar-refractivity contribution is -0.136. The van der Waals surface area contributed by atoms with Crippen molar-refractivity contribution in [3.8, 4) is 5.75 Å². The van der Waals surface area contributed by atoms with Gasteiger partial charge in [0.15, 0.2) is 0 Å². The van der Waals surface area contributed by atoms with Crippen molar-refractivity contribution in [2.45, 2.75) is 64.6 Å². The number of hydrogen-bond acceptors (Lipinski definition) is 5. The molecule has 3 aliphatic heterocycles. The van der Waals surface area contributed by atoms with E-state index in [-0.39, 0.29) is 29.8 Å². The number of hydrogen-bond donors (Lipinski definition) is 1. The number of carbonyl (C=O) groups is 3. The van der Waals surface area contributed by atoms with Crippen LogP contribution in [0, 0.1) is 5.41 Å². The Bertz CT molecular complexity index is 1360. The minimum Gasteiger partial charge on any atom is -0.487 e. The Hall–Kier alpha value is -3.16. The first-order valence-electron chi connectivity index (χ1n) is 13.8. The predicted octanol–water partition coefficient (Wildman–Crippen LogP) is 4.83. The van der Waals surface area contributed by atoms with E-state index in [4.69, 9.17) is 16.3 Å². The maximum Gasteiger partial charge on any atom is 0.258 e. The summed E-state index contributed by atoms with van der Waals surface area (Å²) in [5, 5.41) is 3.12. The lowest BCUT2D eigenvalue weighted by Crippen LogP contribution is -2.54. The number of rotatable bonds is 6. The molecule has 1 N–H and O–H groups in total. The number of imide groups is 1. The van der Waals surface area contributed by atoms with Crippen LogP contribution in [0.5, 0.6) is 5.75 Å². The fourth-order valence-electron chi connectivity index (χ4n) is 6.42. The van der Waals surface area contributed by atoms with Crippen LogP contribution in [-0.2, 0) is 16.1 Å². The van der Waals surface area contributed by atoms with Crippen molar-refractivity contribution in [2.75, 3.05) is 19.6 Å². The average Bonchev–Trinajstić information content (AvgIpc) is 3.20. The number of halogens is 1. The highest BCUT2D eigenvalue weighted by molar-refractivity contribution is 6.30. The van der Waals surface area contributed by atoms with Gasteiger partial charge in [0.1, 0.15) is 17.9 Å².